The maximum atomic E-state index is 12.1. The maximum absolute atomic E-state index is 12.1. The van der Waals surface area contributed by atoms with E-state index in [0.717, 1.165) is 5.57 Å². The first-order chi connectivity index (χ1) is 11.4. The predicted molar refractivity (Wildman–Crippen MR) is 93.2 cm³/mol. The van der Waals surface area contributed by atoms with E-state index >= 15 is 0 Å². The molecule has 0 spiro atoms. The molecule has 6 nitrogen and oxygen atoms in total. The largest absolute Gasteiger partial charge is 0.355 e. The molecule has 0 aliphatic carbocycles. The molecular formula is C18H20N4O2. The number of hydrogen-bond donors (Lipinski definition) is 4. The Kier molecular flexibility index (Phi) is 4.95. The van der Waals surface area contributed by atoms with E-state index in [2.05, 4.69) is 52.8 Å². The predicted octanol–water partition coefficient (Wildman–Crippen LogP) is 1.19. The van der Waals surface area contributed by atoms with Gasteiger partial charge in [0.05, 0.1) is 5.82 Å². The van der Waals surface area contributed by atoms with E-state index in [1.54, 1.807) is 19.1 Å². The number of rotatable bonds is 4. The molecule has 2 unspecified atom stereocenters. The molecule has 2 saturated heterocycles. The second-order valence-corrected chi connectivity index (χ2v) is 5.52. The first kappa shape index (κ1) is 17.2. The number of hydrogen-bond acceptors (Lipinski definition) is 3. The number of carbonyl (C=O) groups excluding carboxylic acids is 2. The topological polar surface area (TPSA) is 82.3 Å². The van der Waals surface area contributed by atoms with Gasteiger partial charge in [-0.15, -0.1) is 0 Å². The SMILES string of the molecule is C=C/C=C(\C=C/CC#CC1NC(=O)NC1=C)C1(C)NC(=C)NC1=O. The fourth-order valence-electron chi connectivity index (χ4n) is 2.37. The minimum absolute atomic E-state index is 0.174. The molecule has 2 aliphatic heterocycles. The lowest BCUT2D eigenvalue weighted by molar-refractivity contribution is -0.122. The minimum Gasteiger partial charge on any atom is -0.355 e. The molecule has 124 valence electrons. The minimum atomic E-state index is -0.896. The highest BCUT2D eigenvalue weighted by Gasteiger charge is 2.41. The lowest BCUT2D eigenvalue weighted by atomic mass is 9.91. The highest BCUT2D eigenvalue weighted by molar-refractivity contribution is 5.94. The van der Waals surface area contributed by atoms with Crippen molar-refractivity contribution in [2.24, 2.45) is 0 Å². The van der Waals surface area contributed by atoms with Crippen molar-refractivity contribution in [1.82, 2.24) is 21.3 Å². The van der Waals surface area contributed by atoms with E-state index in [9.17, 15) is 9.59 Å². The van der Waals surface area contributed by atoms with Gasteiger partial charge in [0.25, 0.3) is 5.91 Å². The highest BCUT2D eigenvalue weighted by atomic mass is 16.2. The van der Waals surface area contributed by atoms with Crippen LogP contribution in [0, 0.1) is 11.8 Å². The lowest BCUT2D eigenvalue weighted by Gasteiger charge is -2.22. The van der Waals surface area contributed by atoms with Crippen LogP contribution in [-0.4, -0.2) is 23.5 Å². The monoisotopic (exact) mass is 324 g/mol. The standard InChI is InChI=1S/C18H20N4O2/c1-5-9-14(18(4)16(23)20-13(3)22-18)10-7-6-8-11-15-12(2)19-17(24)21-15/h5,7,9-10,15,22H,1-3,6H2,4H3,(H,20,23)(H2,19,21,24)/b10-7-,14-9+. The van der Waals surface area contributed by atoms with E-state index < -0.39 is 5.54 Å². The van der Waals surface area contributed by atoms with Gasteiger partial charge in [-0.1, -0.05) is 55.9 Å². The Morgan fingerprint density at radius 2 is 2.08 bits per heavy atom. The zero-order valence-electron chi connectivity index (χ0n) is 13.5. The molecule has 2 fully saturated rings. The van der Waals surface area contributed by atoms with Crippen LogP contribution < -0.4 is 21.3 Å². The van der Waals surface area contributed by atoms with Crippen LogP contribution in [0.15, 0.2) is 61.1 Å². The van der Waals surface area contributed by atoms with Gasteiger partial charge in [0.1, 0.15) is 11.6 Å². The number of carbonyl (C=O) groups is 2. The maximum Gasteiger partial charge on any atom is 0.320 e. The van der Waals surface area contributed by atoms with Crippen LogP contribution in [0.25, 0.3) is 0 Å². The summed E-state index contributed by atoms with van der Waals surface area (Å²) in [6, 6.07) is -0.672. The van der Waals surface area contributed by atoms with Crippen LogP contribution >= 0.6 is 0 Å². The Balaban J connectivity index is 2.03. The van der Waals surface area contributed by atoms with Crippen LogP contribution in [0.2, 0.25) is 0 Å². The summed E-state index contributed by atoms with van der Waals surface area (Å²) in [5, 5.41) is 10.9. The van der Waals surface area contributed by atoms with Crippen molar-refractivity contribution < 1.29 is 9.59 Å². The summed E-state index contributed by atoms with van der Waals surface area (Å²) in [6.07, 6.45) is 7.51. The second kappa shape index (κ2) is 6.92. The van der Waals surface area contributed by atoms with Gasteiger partial charge in [-0.3, -0.25) is 4.79 Å². The van der Waals surface area contributed by atoms with Gasteiger partial charge in [0.15, 0.2) is 0 Å². The summed E-state index contributed by atoms with van der Waals surface area (Å²) < 4.78 is 0. The van der Waals surface area contributed by atoms with Crippen LogP contribution in [0.1, 0.15) is 13.3 Å². The van der Waals surface area contributed by atoms with Crippen molar-refractivity contribution in [3.63, 3.8) is 0 Å². The molecule has 0 bridgehead atoms. The summed E-state index contributed by atoms with van der Waals surface area (Å²) >= 11 is 0. The molecule has 24 heavy (non-hydrogen) atoms. The second-order valence-electron chi connectivity index (χ2n) is 5.52. The fraction of sp³-hybridized carbons (Fsp3) is 0.222. The summed E-state index contributed by atoms with van der Waals surface area (Å²) in [6.45, 7) is 12.9. The van der Waals surface area contributed by atoms with Crippen LogP contribution in [0.3, 0.4) is 0 Å². The van der Waals surface area contributed by atoms with Crippen molar-refractivity contribution in [2.75, 3.05) is 0 Å². The van der Waals surface area contributed by atoms with E-state index in [1.807, 2.05) is 12.2 Å². The molecule has 0 aromatic rings. The molecule has 0 saturated carbocycles. The van der Waals surface area contributed by atoms with Crippen LogP contribution in [0.4, 0.5) is 4.79 Å². The van der Waals surface area contributed by atoms with Gasteiger partial charge >= 0.3 is 6.03 Å². The van der Waals surface area contributed by atoms with E-state index in [-0.39, 0.29) is 18.0 Å². The van der Waals surface area contributed by atoms with Crippen molar-refractivity contribution in [2.45, 2.75) is 24.9 Å². The van der Waals surface area contributed by atoms with Crippen molar-refractivity contribution in [1.29, 1.82) is 0 Å². The molecule has 6 heteroatoms. The number of amides is 3. The van der Waals surface area contributed by atoms with E-state index in [1.165, 1.54) is 0 Å². The first-order valence-electron chi connectivity index (χ1n) is 7.40. The first-order valence-corrected chi connectivity index (χ1v) is 7.40. The van der Waals surface area contributed by atoms with Crippen LogP contribution in [-0.2, 0) is 4.79 Å². The summed E-state index contributed by atoms with van der Waals surface area (Å²) in [5.41, 5.74) is 0.393. The van der Waals surface area contributed by atoms with Crippen molar-refractivity contribution in [3.8, 4) is 11.8 Å². The molecule has 4 N–H and O–H groups in total. The molecule has 0 radical (unpaired) electrons. The van der Waals surface area contributed by atoms with Gasteiger partial charge in [-0.25, -0.2) is 4.79 Å². The molecule has 2 rings (SSSR count). The van der Waals surface area contributed by atoms with Crippen molar-refractivity contribution in [3.05, 3.63) is 61.1 Å². The number of nitrogens with one attached hydrogen (secondary N) is 4. The number of allylic oxidation sites excluding steroid dienone is 3. The third kappa shape index (κ3) is 3.58. The fourth-order valence-corrected chi connectivity index (χ4v) is 2.37. The quantitative estimate of drug-likeness (QED) is 0.463. The summed E-state index contributed by atoms with van der Waals surface area (Å²) in [7, 11) is 0. The summed E-state index contributed by atoms with van der Waals surface area (Å²) in [4.78, 5) is 23.2. The highest BCUT2D eigenvalue weighted by Crippen LogP contribution is 2.24. The zero-order valence-corrected chi connectivity index (χ0v) is 13.5. The Labute approximate surface area is 141 Å². The van der Waals surface area contributed by atoms with Gasteiger partial charge in [0, 0.05) is 12.1 Å². The average Bonchev–Trinajstić information content (AvgIpc) is 2.96. The number of urea groups is 1. The molecule has 2 aliphatic rings. The molecular weight excluding hydrogens is 304 g/mol. The lowest BCUT2D eigenvalue weighted by Crippen LogP contribution is -2.44. The zero-order chi connectivity index (χ0) is 17.7. The smallest absolute Gasteiger partial charge is 0.320 e. The van der Waals surface area contributed by atoms with Gasteiger partial charge in [0.2, 0.25) is 0 Å². The molecule has 2 heterocycles. The van der Waals surface area contributed by atoms with Crippen molar-refractivity contribution >= 4 is 11.9 Å². The third-order valence-corrected chi connectivity index (χ3v) is 3.66. The normalized spacial score (nSPS) is 26.4. The molecule has 0 aromatic heterocycles. The van der Waals surface area contributed by atoms with E-state index in [0.29, 0.717) is 17.9 Å². The van der Waals surface area contributed by atoms with E-state index in [4.69, 9.17) is 0 Å². The van der Waals surface area contributed by atoms with Gasteiger partial charge < -0.3 is 21.3 Å². The Morgan fingerprint density at radius 1 is 1.33 bits per heavy atom. The average molecular weight is 324 g/mol. The van der Waals surface area contributed by atoms with Gasteiger partial charge in [-0.2, -0.15) is 0 Å². The molecule has 3 amide bonds. The Morgan fingerprint density at radius 3 is 2.62 bits per heavy atom. The summed E-state index contributed by atoms with van der Waals surface area (Å²) in [5.74, 6) is 6.17. The van der Waals surface area contributed by atoms with Crippen LogP contribution in [0.5, 0.6) is 0 Å². The molecule has 2 atom stereocenters. The third-order valence-electron chi connectivity index (χ3n) is 3.66. The Hall–Kier alpha value is -3.20. The Bertz CT molecular complexity index is 736. The van der Waals surface area contributed by atoms with Gasteiger partial charge in [-0.05, 0) is 12.5 Å². The molecule has 0 aromatic carbocycles.